The van der Waals surface area contributed by atoms with Gasteiger partial charge in [0.1, 0.15) is 39.7 Å². The fourth-order valence-corrected chi connectivity index (χ4v) is 7.20. The first kappa shape index (κ1) is 31.6. The normalized spacial score (nSPS) is 20.1. The summed E-state index contributed by atoms with van der Waals surface area (Å²) in [6.45, 7) is 2.29. The Hall–Kier alpha value is -5.98. The lowest BCUT2D eigenvalue weighted by Crippen LogP contribution is -2.34. The van der Waals surface area contributed by atoms with Crippen LogP contribution in [0.4, 0.5) is 21.0 Å². The number of urea groups is 2. The van der Waals surface area contributed by atoms with Crippen LogP contribution in [0.25, 0.3) is 22.3 Å². The van der Waals surface area contributed by atoms with Crippen LogP contribution in [0.5, 0.6) is 23.0 Å². The van der Waals surface area contributed by atoms with Gasteiger partial charge in [-0.2, -0.15) is 0 Å². The zero-order chi connectivity index (χ0) is 34.6. The number of amides is 5. The fraction of sp³-hybridized carbons (Fsp3) is 0.278. The summed E-state index contributed by atoms with van der Waals surface area (Å²) in [6, 6.07) is 13.3. The summed E-state index contributed by atoms with van der Waals surface area (Å²) >= 11 is 0. The third-order valence-corrected chi connectivity index (χ3v) is 9.34. The smallest absolute Gasteiger partial charge is 0.375 e. The molecule has 13 heteroatoms. The van der Waals surface area contributed by atoms with E-state index in [1.54, 1.807) is 54.5 Å². The van der Waals surface area contributed by atoms with Gasteiger partial charge in [-0.25, -0.2) is 14.5 Å². The Morgan fingerprint density at radius 3 is 2.14 bits per heavy atom. The Bertz CT molecular complexity index is 2140. The van der Waals surface area contributed by atoms with E-state index in [9.17, 15) is 19.2 Å². The van der Waals surface area contributed by atoms with Crippen LogP contribution < -0.4 is 34.2 Å². The predicted octanol–water partition coefficient (Wildman–Crippen LogP) is 6.72. The molecule has 1 saturated heterocycles. The highest BCUT2D eigenvalue weighted by Gasteiger charge is 2.50. The molecule has 0 N–H and O–H groups in total. The highest BCUT2D eigenvalue weighted by atomic mass is 16.5. The molecule has 13 nitrogen and oxygen atoms in total. The van der Waals surface area contributed by atoms with Gasteiger partial charge in [0.25, 0.3) is 0 Å². The van der Waals surface area contributed by atoms with Gasteiger partial charge >= 0.3 is 12.1 Å². The summed E-state index contributed by atoms with van der Waals surface area (Å²) in [6.07, 6.45) is 2.64. The van der Waals surface area contributed by atoms with Crippen molar-refractivity contribution in [2.45, 2.75) is 19.3 Å². The van der Waals surface area contributed by atoms with E-state index in [0.717, 1.165) is 10.5 Å². The molecule has 3 heterocycles. The summed E-state index contributed by atoms with van der Waals surface area (Å²) in [5, 5.41) is 7.00. The van der Waals surface area contributed by atoms with Crippen LogP contribution in [0.3, 0.4) is 0 Å². The van der Waals surface area contributed by atoms with Gasteiger partial charge in [0.2, 0.25) is 5.91 Å². The van der Waals surface area contributed by atoms with Crippen molar-refractivity contribution in [3.63, 3.8) is 0 Å². The summed E-state index contributed by atoms with van der Waals surface area (Å²) in [4.78, 5) is 55.9. The highest BCUT2D eigenvalue weighted by Crippen LogP contribution is 2.53. The number of hydrogen-bond donors (Lipinski definition) is 0. The molecule has 3 unspecified atom stereocenters. The van der Waals surface area contributed by atoms with E-state index in [0.29, 0.717) is 52.8 Å². The number of imide groups is 1. The summed E-state index contributed by atoms with van der Waals surface area (Å²) in [5.41, 5.74) is 2.69. The summed E-state index contributed by atoms with van der Waals surface area (Å²) < 4.78 is 28.8. The summed E-state index contributed by atoms with van der Waals surface area (Å²) in [7, 11) is 6.04. The number of carbonyl (C=O) groups excluding carboxylic acids is 3. The average molecular weight is 665 g/mol. The molecule has 49 heavy (non-hydrogen) atoms. The quantitative estimate of drug-likeness (QED) is 0.187. The Morgan fingerprint density at radius 1 is 0.796 bits per heavy atom. The summed E-state index contributed by atoms with van der Waals surface area (Å²) in [5.74, 6) is 0.527. The van der Waals surface area contributed by atoms with E-state index < -0.39 is 23.9 Å². The molecule has 2 aliphatic heterocycles. The van der Waals surface area contributed by atoms with E-state index >= 15 is 0 Å². The minimum Gasteiger partial charge on any atom is -0.497 e. The van der Waals surface area contributed by atoms with E-state index in [-0.39, 0.29) is 39.7 Å². The number of rotatable bonds is 8. The number of ether oxygens (including phenoxy) is 4. The molecule has 3 aromatic carbocycles. The molecular weight excluding hydrogens is 632 g/mol. The molecule has 0 bridgehead atoms. The predicted molar refractivity (Wildman–Crippen MR) is 179 cm³/mol. The molecule has 1 aromatic heterocycles. The Morgan fingerprint density at radius 2 is 1.49 bits per heavy atom. The zero-order valence-corrected chi connectivity index (χ0v) is 27.4. The van der Waals surface area contributed by atoms with Gasteiger partial charge in [-0.15, -0.1) is 0 Å². The number of hydrogen-bond acceptors (Lipinski definition) is 9. The second-order valence-corrected chi connectivity index (χ2v) is 12.0. The molecule has 5 amide bonds. The second-order valence-electron chi connectivity index (χ2n) is 12.0. The number of methoxy groups -OCH3 is 4. The maximum Gasteiger partial charge on any atom is 0.375 e. The van der Waals surface area contributed by atoms with Gasteiger partial charge in [-0.1, -0.05) is 21.9 Å². The fourth-order valence-electron chi connectivity index (χ4n) is 7.20. The zero-order valence-electron chi connectivity index (χ0n) is 27.4. The Labute approximate surface area is 280 Å². The van der Waals surface area contributed by atoms with Gasteiger partial charge < -0.3 is 28.3 Å². The maximum atomic E-state index is 14.6. The van der Waals surface area contributed by atoms with Crippen molar-refractivity contribution in [2.75, 3.05) is 44.8 Å². The van der Waals surface area contributed by atoms with E-state index in [1.807, 2.05) is 13.0 Å². The van der Waals surface area contributed by atoms with E-state index in [1.165, 1.54) is 33.5 Å². The van der Waals surface area contributed by atoms with Crippen LogP contribution in [0, 0.1) is 11.8 Å². The molecular formula is C36H32N4O9. The van der Waals surface area contributed by atoms with Crippen LogP contribution in [0.15, 0.2) is 85.7 Å². The molecule has 0 radical (unpaired) electrons. The number of fused-ring (bicyclic) bond motifs is 2. The minimum absolute atomic E-state index is 0.167. The van der Waals surface area contributed by atoms with Crippen LogP contribution in [-0.2, 0) is 4.79 Å². The number of benzene rings is 3. The van der Waals surface area contributed by atoms with Crippen molar-refractivity contribution in [1.29, 1.82) is 0 Å². The number of anilines is 2. The lowest BCUT2D eigenvalue weighted by Gasteiger charge is -2.32. The van der Waals surface area contributed by atoms with Gasteiger partial charge in [-0.3, -0.25) is 9.59 Å². The molecule has 0 spiro atoms. The van der Waals surface area contributed by atoms with Crippen LogP contribution in [-0.4, -0.2) is 53.0 Å². The standard InChI is InChI=1S/C36H32N4O9/c1-18-12-20-17-39(25-14-22(46-3)10-11-24(25)40-35(43)37-38-36(40)44)34(42)30(20)23(13-18)31-28(47-4)16-29-32(33(31)48-5)26(41)15-27(49-29)19-6-8-21(45-2)9-7-19/h6-11,13-16,20,23,30H,12,17H2,1-5H3. The molecule has 4 aromatic rings. The lowest BCUT2D eigenvalue weighted by molar-refractivity contribution is -0.121. The molecule has 3 atom stereocenters. The van der Waals surface area contributed by atoms with E-state index in [4.69, 9.17) is 23.4 Å². The molecule has 0 saturated carbocycles. The SMILES string of the molecule is COc1ccc(-c2cc(=O)c3c(OC)c(C4C=C(C)CC5CN(c6cc(OC)ccc6N6C(=O)N=NC6=O)C(=O)C54)c(OC)cc3o2)cc1. The topological polar surface area (TPSA) is 150 Å². The Kier molecular flexibility index (Phi) is 7.89. The number of allylic oxidation sites excluding steroid dienone is 2. The Balaban J connectivity index is 1.34. The van der Waals surface area contributed by atoms with Crippen molar-refractivity contribution in [3.05, 3.63) is 82.0 Å². The lowest BCUT2D eigenvalue weighted by atomic mass is 9.71. The van der Waals surface area contributed by atoms with Gasteiger partial charge in [0.15, 0.2) is 5.43 Å². The van der Waals surface area contributed by atoms with Crippen LogP contribution in [0.1, 0.15) is 24.8 Å². The second kappa shape index (κ2) is 12.2. The van der Waals surface area contributed by atoms with Crippen molar-refractivity contribution in [1.82, 2.24) is 0 Å². The molecule has 7 rings (SSSR count). The number of carbonyl (C=O) groups is 3. The third kappa shape index (κ3) is 5.18. The molecule has 1 fully saturated rings. The monoisotopic (exact) mass is 664 g/mol. The van der Waals surface area contributed by atoms with Gasteiger partial charge in [0, 0.05) is 41.8 Å². The minimum atomic E-state index is -0.851. The maximum absolute atomic E-state index is 14.6. The largest absolute Gasteiger partial charge is 0.497 e. The highest BCUT2D eigenvalue weighted by molar-refractivity contribution is 6.20. The van der Waals surface area contributed by atoms with Gasteiger partial charge in [-0.05, 0) is 55.7 Å². The first-order valence-electron chi connectivity index (χ1n) is 15.5. The van der Waals surface area contributed by atoms with Crippen molar-refractivity contribution in [3.8, 4) is 34.3 Å². The average Bonchev–Trinajstić information content (AvgIpc) is 3.63. The van der Waals surface area contributed by atoms with Crippen LogP contribution in [0.2, 0.25) is 0 Å². The molecule has 3 aliphatic rings. The number of nitrogens with zero attached hydrogens (tertiary/aromatic N) is 4. The molecule has 1 aliphatic carbocycles. The number of azo groups is 1. The third-order valence-electron chi connectivity index (χ3n) is 9.34. The first-order chi connectivity index (χ1) is 23.7. The first-order valence-corrected chi connectivity index (χ1v) is 15.5. The van der Waals surface area contributed by atoms with E-state index in [2.05, 4.69) is 10.2 Å². The molecule has 250 valence electrons. The van der Waals surface area contributed by atoms with Crippen molar-refractivity contribution >= 4 is 40.3 Å². The van der Waals surface area contributed by atoms with Crippen molar-refractivity contribution in [2.24, 2.45) is 22.1 Å². The van der Waals surface area contributed by atoms with Crippen LogP contribution >= 0.6 is 0 Å². The van der Waals surface area contributed by atoms with Gasteiger partial charge in [0.05, 0.1) is 45.7 Å². The van der Waals surface area contributed by atoms with Crippen molar-refractivity contribution < 1.29 is 37.7 Å².